The summed E-state index contributed by atoms with van der Waals surface area (Å²) in [5.74, 6) is 0.441. The number of hydrogen-bond donors (Lipinski definition) is 2. The first-order valence-electron chi connectivity index (χ1n) is 7.51. The average Bonchev–Trinajstić information content (AvgIpc) is 2.95. The van der Waals surface area contributed by atoms with Gasteiger partial charge in [-0.3, -0.25) is 10.2 Å². The molecule has 1 aromatic carbocycles. The van der Waals surface area contributed by atoms with E-state index < -0.39 is 0 Å². The van der Waals surface area contributed by atoms with Crippen LogP contribution in [0.25, 0.3) is 0 Å². The third kappa shape index (κ3) is 1.55. The van der Waals surface area contributed by atoms with Crippen LogP contribution >= 0.6 is 0 Å². The van der Waals surface area contributed by atoms with Crippen molar-refractivity contribution in [3.8, 4) is 0 Å². The number of carbonyl (C=O) groups is 1. The fraction of sp³-hybridized carbons (Fsp3) is 0.500. The molecule has 3 N–H and O–H groups in total. The lowest BCUT2D eigenvalue weighted by atomic mass is 9.69. The number of benzene rings is 1. The van der Waals surface area contributed by atoms with Gasteiger partial charge in [-0.15, -0.1) is 0 Å². The molecule has 0 bridgehead atoms. The van der Waals surface area contributed by atoms with Crippen molar-refractivity contribution in [2.45, 2.75) is 24.4 Å². The summed E-state index contributed by atoms with van der Waals surface area (Å²) in [7, 11) is 2.14. The number of carbonyl (C=O) groups excluding carboxylic acids is 1. The molecule has 21 heavy (non-hydrogen) atoms. The summed E-state index contributed by atoms with van der Waals surface area (Å²) < 4.78 is 0. The highest BCUT2D eigenvalue weighted by molar-refractivity contribution is 6.45. The van der Waals surface area contributed by atoms with E-state index in [-0.39, 0.29) is 17.2 Å². The van der Waals surface area contributed by atoms with E-state index in [4.69, 9.17) is 11.1 Å². The van der Waals surface area contributed by atoms with E-state index in [0.717, 1.165) is 25.9 Å². The van der Waals surface area contributed by atoms with E-state index in [1.165, 1.54) is 0 Å². The number of nitrogens with zero attached hydrogens (tertiary/aromatic N) is 2. The van der Waals surface area contributed by atoms with Gasteiger partial charge in [0.1, 0.15) is 5.71 Å². The maximum absolute atomic E-state index is 12.7. The third-order valence-electron chi connectivity index (χ3n) is 5.57. The number of nitrogens with one attached hydrogen (secondary N) is 1. The number of piperidine rings is 1. The quantitative estimate of drug-likeness (QED) is 0.482. The Morgan fingerprint density at radius 1 is 1.43 bits per heavy atom. The Bertz CT molecular complexity index is 643. The van der Waals surface area contributed by atoms with E-state index in [2.05, 4.69) is 11.9 Å². The Hall–Kier alpha value is -1.88. The second kappa shape index (κ2) is 4.07. The first kappa shape index (κ1) is 12.8. The molecular weight excluding hydrogens is 264 g/mol. The third-order valence-corrected chi connectivity index (χ3v) is 5.57. The molecule has 1 aliphatic carbocycles. The highest BCUT2D eigenvalue weighted by Gasteiger charge is 2.76. The molecular formula is C16H20N4O. The van der Waals surface area contributed by atoms with Crippen molar-refractivity contribution in [2.24, 2.45) is 5.92 Å². The van der Waals surface area contributed by atoms with E-state index in [1.807, 2.05) is 17.0 Å². The van der Waals surface area contributed by atoms with E-state index >= 15 is 0 Å². The average molecular weight is 284 g/mol. The molecule has 2 unspecified atom stereocenters. The SMILES string of the molecule is CN1CCC23C(C[C@H]2N3C(=O)C(=N)c2ccccc2N)C1. The van der Waals surface area contributed by atoms with Crippen molar-refractivity contribution in [1.29, 1.82) is 5.41 Å². The van der Waals surface area contributed by atoms with Crippen LogP contribution in [0.5, 0.6) is 0 Å². The molecule has 4 rings (SSSR count). The predicted molar refractivity (Wildman–Crippen MR) is 81.3 cm³/mol. The maximum atomic E-state index is 12.7. The molecule has 1 amide bonds. The van der Waals surface area contributed by atoms with Gasteiger partial charge in [0.15, 0.2) is 0 Å². The first-order valence-corrected chi connectivity index (χ1v) is 7.51. The Kier molecular flexibility index (Phi) is 2.49. The van der Waals surface area contributed by atoms with E-state index in [1.54, 1.807) is 12.1 Å². The molecule has 5 heteroatoms. The molecule has 3 fully saturated rings. The minimum Gasteiger partial charge on any atom is -0.398 e. The van der Waals surface area contributed by atoms with Crippen LogP contribution in [-0.4, -0.2) is 53.1 Å². The Labute approximate surface area is 124 Å². The van der Waals surface area contributed by atoms with Gasteiger partial charge in [-0.05, 0) is 31.9 Å². The van der Waals surface area contributed by atoms with Crippen molar-refractivity contribution in [2.75, 3.05) is 25.9 Å². The maximum Gasteiger partial charge on any atom is 0.273 e. The molecule has 2 heterocycles. The number of hydrogen-bond acceptors (Lipinski definition) is 4. The molecule has 2 saturated heterocycles. The minimum absolute atomic E-state index is 0.0366. The van der Waals surface area contributed by atoms with Gasteiger partial charge in [-0.1, -0.05) is 18.2 Å². The van der Waals surface area contributed by atoms with Crippen LogP contribution in [0.15, 0.2) is 24.3 Å². The molecule has 2 aliphatic heterocycles. The fourth-order valence-corrected chi connectivity index (χ4v) is 4.35. The van der Waals surface area contributed by atoms with Crippen LogP contribution in [0.2, 0.25) is 0 Å². The summed E-state index contributed by atoms with van der Waals surface area (Å²) in [4.78, 5) is 17.0. The van der Waals surface area contributed by atoms with Crippen molar-refractivity contribution >= 4 is 17.3 Å². The zero-order valence-corrected chi connectivity index (χ0v) is 12.2. The van der Waals surface area contributed by atoms with Gasteiger partial charge in [-0.2, -0.15) is 0 Å². The van der Waals surface area contributed by atoms with Gasteiger partial charge in [0.2, 0.25) is 0 Å². The zero-order chi connectivity index (χ0) is 14.8. The molecule has 110 valence electrons. The molecule has 3 aliphatic rings. The van der Waals surface area contributed by atoms with Gasteiger partial charge in [0.05, 0.1) is 11.6 Å². The molecule has 1 spiro atoms. The monoisotopic (exact) mass is 284 g/mol. The standard InChI is InChI=1S/C16H20N4O/c1-19-7-6-16-10(9-19)8-13(16)20(16)15(21)14(18)11-4-2-3-5-12(11)17/h2-5,10,13,18H,6-9,17H2,1H3/t10?,13-,16?,20?/m1/s1. The summed E-state index contributed by atoms with van der Waals surface area (Å²) in [6.07, 6.45) is 2.13. The van der Waals surface area contributed by atoms with Gasteiger partial charge in [0.25, 0.3) is 5.91 Å². The van der Waals surface area contributed by atoms with Crippen LogP contribution in [0.4, 0.5) is 5.69 Å². The number of likely N-dealkylation sites (tertiary alicyclic amines) is 2. The van der Waals surface area contributed by atoms with Gasteiger partial charge >= 0.3 is 0 Å². The largest absolute Gasteiger partial charge is 0.398 e. The van der Waals surface area contributed by atoms with E-state index in [9.17, 15) is 4.79 Å². The summed E-state index contributed by atoms with van der Waals surface area (Å²) in [5, 5.41) is 8.22. The van der Waals surface area contributed by atoms with Crippen LogP contribution in [-0.2, 0) is 4.79 Å². The summed E-state index contributed by atoms with van der Waals surface area (Å²) >= 11 is 0. The summed E-state index contributed by atoms with van der Waals surface area (Å²) in [6.45, 7) is 2.11. The van der Waals surface area contributed by atoms with Crippen molar-refractivity contribution in [1.82, 2.24) is 9.80 Å². The summed E-state index contributed by atoms with van der Waals surface area (Å²) in [5.41, 5.74) is 7.05. The summed E-state index contributed by atoms with van der Waals surface area (Å²) in [6, 6.07) is 7.51. The number of para-hydroxylation sites is 1. The van der Waals surface area contributed by atoms with Crippen molar-refractivity contribution < 1.29 is 4.79 Å². The van der Waals surface area contributed by atoms with Crippen molar-refractivity contribution in [3.05, 3.63) is 29.8 Å². The number of amides is 1. The normalized spacial score (nSPS) is 33.7. The molecule has 1 saturated carbocycles. The second-order valence-electron chi connectivity index (χ2n) is 6.59. The number of anilines is 1. The van der Waals surface area contributed by atoms with Crippen LogP contribution in [0.1, 0.15) is 18.4 Å². The fourth-order valence-electron chi connectivity index (χ4n) is 4.35. The molecule has 5 nitrogen and oxygen atoms in total. The highest BCUT2D eigenvalue weighted by atomic mass is 16.2. The zero-order valence-electron chi connectivity index (χ0n) is 12.2. The molecule has 1 aromatic rings. The lowest BCUT2D eigenvalue weighted by Gasteiger charge is -2.41. The van der Waals surface area contributed by atoms with Crippen LogP contribution in [0, 0.1) is 11.3 Å². The molecule has 0 radical (unpaired) electrons. The molecule has 3 atom stereocenters. The lowest BCUT2D eigenvalue weighted by molar-refractivity contribution is -0.120. The smallest absolute Gasteiger partial charge is 0.273 e. The van der Waals surface area contributed by atoms with Crippen molar-refractivity contribution in [3.63, 3.8) is 0 Å². The van der Waals surface area contributed by atoms with Gasteiger partial charge < -0.3 is 15.5 Å². The lowest BCUT2D eigenvalue weighted by Crippen LogP contribution is -2.51. The van der Waals surface area contributed by atoms with Crippen LogP contribution in [0.3, 0.4) is 0 Å². The van der Waals surface area contributed by atoms with Gasteiger partial charge in [0, 0.05) is 24.3 Å². The Balaban J connectivity index is 1.56. The second-order valence-corrected chi connectivity index (χ2v) is 6.59. The number of nitrogens with two attached hydrogens (primary N) is 1. The highest BCUT2D eigenvalue weighted by Crippen LogP contribution is 2.64. The van der Waals surface area contributed by atoms with Gasteiger partial charge in [-0.25, -0.2) is 0 Å². The predicted octanol–water partition coefficient (Wildman–Crippen LogP) is 0.942. The van der Waals surface area contributed by atoms with E-state index in [0.29, 0.717) is 23.2 Å². The van der Waals surface area contributed by atoms with Crippen LogP contribution < -0.4 is 5.73 Å². The molecule has 0 aromatic heterocycles. The number of nitrogen functional groups attached to an aromatic ring is 1. The Morgan fingerprint density at radius 2 is 2.19 bits per heavy atom. The first-order chi connectivity index (χ1) is 10.1. The Morgan fingerprint density at radius 3 is 2.90 bits per heavy atom. The minimum atomic E-state index is -0.148. The number of rotatable bonds is 2. The topological polar surface area (TPSA) is 73.2 Å².